The zero-order valence-electron chi connectivity index (χ0n) is 15.4. The third-order valence-electron chi connectivity index (χ3n) is 4.53. The number of aryl methyl sites for hydroxylation is 1. The molecule has 1 aromatic carbocycles. The molecule has 26 heavy (non-hydrogen) atoms. The van der Waals surface area contributed by atoms with Crippen molar-refractivity contribution in [3.63, 3.8) is 0 Å². The Morgan fingerprint density at radius 2 is 2.08 bits per heavy atom. The lowest BCUT2D eigenvalue weighted by molar-refractivity contribution is 0.0600. The SMILES string of the molecule is COC(=O)c1cccc(C(=O)N2CCc3oc(CCC(C)C)nc3C2)c1. The average molecular weight is 356 g/mol. The van der Waals surface area contributed by atoms with Crippen molar-refractivity contribution in [2.75, 3.05) is 13.7 Å². The first-order valence-electron chi connectivity index (χ1n) is 8.93. The van der Waals surface area contributed by atoms with E-state index in [-0.39, 0.29) is 5.91 Å². The largest absolute Gasteiger partial charge is 0.465 e. The van der Waals surface area contributed by atoms with E-state index in [2.05, 4.69) is 18.8 Å². The van der Waals surface area contributed by atoms with E-state index >= 15 is 0 Å². The third kappa shape index (κ3) is 3.95. The van der Waals surface area contributed by atoms with Gasteiger partial charge in [0.05, 0.1) is 19.2 Å². The van der Waals surface area contributed by atoms with Crippen LogP contribution in [0.2, 0.25) is 0 Å². The Bertz CT molecular complexity index is 810. The van der Waals surface area contributed by atoms with Crippen LogP contribution in [-0.2, 0) is 24.1 Å². The lowest BCUT2D eigenvalue weighted by Crippen LogP contribution is -2.35. The molecule has 0 radical (unpaired) electrons. The number of aromatic nitrogens is 1. The Morgan fingerprint density at radius 3 is 2.81 bits per heavy atom. The molecule has 6 nitrogen and oxygen atoms in total. The molecular formula is C20H24N2O4. The van der Waals surface area contributed by atoms with Gasteiger partial charge in [0.2, 0.25) is 0 Å². The highest BCUT2D eigenvalue weighted by Crippen LogP contribution is 2.23. The van der Waals surface area contributed by atoms with Gasteiger partial charge in [0, 0.05) is 24.9 Å². The van der Waals surface area contributed by atoms with Crippen molar-refractivity contribution in [2.24, 2.45) is 5.92 Å². The molecule has 1 amide bonds. The van der Waals surface area contributed by atoms with Gasteiger partial charge in [-0.25, -0.2) is 9.78 Å². The van der Waals surface area contributed by atoms with Gasteiger partial charge in [-0.15, -0.1) is 0 Å². The summed E-state index contributed by atoms with van der Waals surface area (Å²) in [5.74, 6) is 1.67. The zero-order valence-corrected chi connectivity index (χ0v) is 15.4. The first-order valence-corrected chi connectivity index (χ1v) is 8.93. The van der Waals surface area contributed by atoms with Crippen molar-refractivity contribution < 1.29 is 18.7 Å². The van der Waals surface area contributed by atoms with E-state index in [0.29, 0.717) is 36.6 Å². The molecule has 1 aromatic heterocycles. The number of ether oxygens (including phenoxy) is 1. The van der Waals surface area contributed by atoms with Gasteiger partial charge >= 0.3 is 5.97 Å². The minimum Gasteiger partial charge on any atom is -0.465 e. The Kier molecular flexibility index (Phi) is 5.40. The van der Waals surface area contributed by atoms with E-state index in [9.17, 15) is 9.59 Å². The first-order chi connectivity index (χ1) is 12.5. The lowest BCUT2D eigenvalue weighted by atomic mass is 10.1. The molecule has 1 aliphatic heterocycles. The number of carbonyl (C=O) groups is 2. The Balaban J connectivity index is 1.72. The van der Waals surface area contributed by atoms with Gasteiger partial charge in [0.1, 0.15) is 11.5 Å². The molecule has 0 saturated heterocycles. The number of benzene rings is 1. The van der Waals surface area contributed by atoms with Gasteiger partial charge < -0.3 is 14.1 Å². The minimum atomic E-state index is -0.452. The van der Waals surface area contributed by atoms with Crippen LogP contribution in [0.3, 0.4) is 0 Å². The second-order valence-corrected chi connectivity index (χ2v) is 6.96. The second-order valence-electron chi connectivity index (χ2n) is 6.96. The minimum absolute atomic E-state index is 0.117. The number of nitrogens with zero attached hydrogens (tertiary/aromatic N) is 2. The van der Waals surface area contributed by atoms with Crippen LogP contribution in [0, 0.1) is 5.92 Å². The standard InChI is InChI=1S/C20H24N2O4/c1-13(2)7-8-18-21-16-12-22(10-9-17(16)26-18)19(23)14-5-4-6-15(11-14)20(24)25-3/h4-6,11,13H,7-10,12H2,1-3H3. The van der Waals surface area contributed by atoms with E-state index in [1.54, 1.807) is 29.2 Å². The number of amides is 1. The van der Waals surface area contributed by atoms with Crippen LogP contribution < -0.4 is 0 Å². The number of methoxy groups -OCH3 is 1. The third-order valence-corrected chi connectivity index (χ3v) is 4.53. The molecule has 0 bridgehead atoms. The van der Waals surface area contributed by atoms with Crippen molar-refractivity contribution >= 4 is 11.9 Å². The maximum atomic E-state index is 12.8. The molecule has 6 heteroatoms. The van der Waals surface area contributed by atoms with Crippen molar-refractivity contribution in [3.05, 3.63) is 52.7 Å². The normalized spacial score (nSPS) is 13.6. The molecule has 2 aromatic rings. The summed E-state index contributed by atoms with van der Waals surface area (Å²) >= 11 is 0. The summed E-state index contributed by atoms with van der Waals surface area (Å²) in [5.41, 5.74) is 1.68. The predicted octanol–water partition coefficient (Wildman–Crippen LogP) is 3.25. The predicted molar refractivity (Wildman–Crippen MR) is 95.9 cm³/mol. The monoisotopic (exact) mass is 356 g/mol. The fraction of sp³-hybridized carbons (Fsp3) is 0.450. The van der Waals surface area contributed by atoms with Crippen LogP contribution in [0.5, 0.6) is 0 Å². The van der Waals surface area contributed by atoms with E-state index in [0.717, 1.165) is 30.2 Å². The molecule has 0 spiro atoms. The van der Waals surface area contributed by atoms with Crippen molar-refractivity contribution in [2.45, 2.75) is 39.7 Å². The van der Waals surface area contributed by atoms with E-state index in [1.807, 2.05) is 0 Å². The maximum absolute atomic E-state index is 12.8. The lowest BCUT2D eigenvalue weighted by Gasteiger charge is -2.25. The molecule has 0 saturated carbocycles. The Hall–Kier alpha value is -2.63. The van der Waals surface area contributed by atoms with Gasteiger partial charge in [-0.2, -0.15) is 0 Å². The van der Waals surface area contributed by atoms with Crippen LogP contribution >= 0.6 is 0 Å². The smallest absolute Gasteiger partial charge is 0.337 e. The van der Waals surface area contributed by atoms with E-state index in [1.165, 1.54) is 7.11 Å². The summed E-state index contributed by atoms with van der Waals surface area (Å²) in [6, 6.07) is 6.60. The number of hydrogen-bond donors (Lipinski definition) is 0. The van der Waals surface area contributed by atoms with Crippen LogP contribution in [0.15, 0.2) is 28.7 Å². The maximum Gasteiger partial charge on any atom is 0.337 e. The highest BCUT2D eigenvalue weighted by Gasteiger charge is 2.26. The molecule has 3 rings (SSSR count). The zero-order chi connectivity index (χ0) is 18.7. The number of esters is 1. The quantitative estimate of drug-likeness (QED) is 0.769. The van der Waals surface area contributed by atoms with Gasteiger partial charge in [-0.05, 0) is 30.5 Å². The molecular weight excluding hydrogens is 332 g/mol. The number of fused-ring (bicyclic) bond motifs is 1. The topological polar surface area (TPSA) is 72.6 Å². The second kappa shape index (κ2) is 7.72. The fourth-order valence-corrected chi connectivity index (χ4v) is 3.02. The van der Waals surface area contributed by atoms with E-state index in [4.69, 9.17) is 9.15 Å². The molecule has 138 valence electrons. The molecule has 1 aliphatic rings. The fourth-order valence-electron chi connectivity index (χ4n) is 3.02. The van der Waals surface area contributed by atoms with Crippen molar-refractivity contribution in [1.29, 1.82) is 0 Å². The van der Waals surface area contributed by atoms with Gasteiger partial charge in [0.25, 0.3) is 5.91 Å². The molecule has 0 aliphatic carbocycles. The number of rotatable bonds is 5. The summed E-state index contributed by atoms with van der Waals surface area (Å²) in [6.45, 7) is 5.35. The van der Waals surface area contributed by atoms with Gasteiger partial charge in [-0.3, -0.25) is 4.79 Å². The van der Waals surface area contributed by atoms with Crippen LogP contribution in [0.25, 0.3) is 0 Å². The average Bonchev–Trinajstić information content (AvgIpc) is 3.07. The number of oxazole rings is 1. The number of carbonyl (C=O) groups excluding carboxylic acids is 2. The van der Waals surface area contributed by atoms with Crippen molar-refractivity contribution in [1.82, 2.24) is 9.88 Å². The van der Waals surface area contributed by atoms with Crippen LogP contribution in [0.4, 0.5) is 0 Å². The van der Waals surface area contributed by atoms with Crippen LogP contribution in [-0.4, -0.2) is 35.4 Å². The molecule has 0 fully saturated rings. The summed E-state index contributed by atoms with van der Waals surface area (Å²) < 4.78 is 10.6. The first kappa shape index (κ1) is 18.2. The molecule has 0 atom stereocenters. The Labute approximate surface area is 153 Å². The van der Waals surface area contributed by atoms with Gasteiger partial charge in [0.15, 0.2) is 5.89 Å². The van der Waals surface area contributed by atoms with Gasteiger partial charge in [-0.1, -0.05) is 19.9 Å². The summed E-state index contributed by atoms with van der Waals surface area (Å²) in [7, 11) is 1.32. The molecule has 0 N–H and O–H groups in total. The molecule has 2 heterocycles. The highest BCUT2D eigenvalue weighted by molar-refractivity contribution is 5.98. The van der Waals surface area contributed by atoms with Crippen LogP contribution in [0.1, 0.15) is 58.3 Å². The summed E-state index contributed by atoms with van der Waals surface area (Å²) in [5, 5.41) is 0. The number of hydrogen-bond acceptors (Lipinski definition) is 5. The summed E-state index contributed by atoms with van der Waals surface area (Å²) in [6.07, 6.45) is 2.51. The molecule has 0 unspecified atom stereocenters. The highest BCUT2D eigenvalue weighted by atomic mass is 16.5. The van der Waals surface area contributed by atoms with E-state index < -0.39 is 5.97 Å². The van der Waals surface area contributed by atoms with Crippen molar-refractivity contribution in [3.8, 4) is 0 Å². The summed E-state index contributed by atoms with van der Waals surface area (Å²) in [4.78, 5) is 30.8. The Morgan fingerprint density at radius 1 is 1.31 bits per heavy atom.